The average Bonchev–Trinajstić information content (AvgIpc) is 2.99. The molecular formula is C35H49N3O4S. The fourth-order valence-electron chi connectivity index (χ4n) is 5.28. The number of anilines is 2. The van der Waals surface area contributed by atoms with E-state index in [4.69, 9.17) is 0 Å². The highest BCUT2D eigenvalue weighted by Crippen LogP contribution is 2.23. The highest BCUT2D eigenvalue weighted by atomic mass is 32.2. The number of fused-ring (bicyclic) bond motifs is 1. The Morgan fingerprint density at radius 3 is 1.65 bits per heavy atom. The van der Waals surface area contributed by atoms with Gasteiger partial charge in [0.05, 0.1) is 4.90 Å². The molecule has 234 valence electrons. The number of hydrogen-bond acceptors (Lipinski definition) is 4. The molecule has 43 heavy (non-hydrogen) atoms. The molecule has 0 heterocycles. The van der Waals surface area contributed by atoms with Gasteiger partial charge in [-0.25, -0.2) is 17.9 Å². The molecule has 3 aromatic rings. The van der Waals surface area contributed by atoms with Crippen LogP contribution in [0.1, 0.15) is 110 Å². The summed E-state index contributed by atoms with van der Waals surface area (Å²) in [5.74, 6) is -0.0330. The van der Waals surface area contributed by atoms with Gasteiger partial charge in [0.15, 0.2) is 0 Å². The second kappa shape index (κ2) is 19.0. The van der Waals surface area contributed by atoms with Crippen molar-refractivity contribution in [2.45, 2.75) is 115 Å². The molecule has 3 N–H and O–H groups in total. The van der Waals surface area contributed by atoms with Gasteiger partial charge in [-0.2, -0.15) is 0 Å². The molecule has 0 radical (unpaired) electrons. The van der Waals surface area contributed by atoms with E-state index in [9.17, 15) is 18.0 Å². The van der Waals surface area contributed by atoms with Crippen molar-refractivity contribution >= 4 is 44.1 Å². The van der Waals surface area contributed by atoms with E-state index in [-0.39, 0.29) is 10.8 Å². The number of carbonyl (C=O) groups is 2. The number of urea groups is 1. The minimum atomic E-state index is -4.08. The maximum absolute atomic E-state index is 12.9. The first-order valence-corrected chi connectivity index (χ1v) is 17.6. The highest BCUT2D eigenvalue weighted by Gasteiger charge is 2.20. The standard InChI is InChI=1S/C35H49N3O4S/c1-2-3-4-5-6-7-8-9-10-11-12-13-14-15-16-24-34(39)36-30-25-27-31(28-26-30)37-35(40)38-43(41,42)33-23-19-21-29-20-17-18-22-32(29)33/h17-23,25-28H,2-16,24H2,1H3,(H,36,39)(H2,37,38,40). The Morgan fingerprint density at radius 1 is 0.581 bits per heavy atom. The van der Waals surface area contributed by atoms with Crippen LogP contribution in [0.3, 0.4) is 0 Å². The maximum atomic E-state index is 12.9. The van der Waals surface area contributed by atoms with Crippen LogP contribution in [0.5, 0.6) is 0 Å². The van der Waals surface area contributed by atoms with Gasteiger partial charge in [0.2, 0.25) is 5.91 Å². The number of unbranched alkanes of at least 4 members (excludes halogenated alkanes) is 14. The SMILES string of the molecule is CCCCCCCCCCCCCCCCCC(=O)Nc1ccc(NC(=O)NS(=O)(=O)c2cccc3ccccc23)cc1. The van der Waals surface area contributed by atoms with Crippen LogP contribution in [0.25, 0.3) is 10.8 Å². The van der Waals surface area contributed by atoms with Gasteiger partial charge in [-0.1, -0.05) is 133 Å². The Bertz CT molecular complexity index is 1370. The molecule has 0 aliphatic carbocycles. The molecule has 8 heteroatoms. The quantitative estimate of drug-likeness (QED) is 0.111. The van der Waals surface area contributed by atoms with Crippen molar-refractivity contribution in [3.63, 3.8) is 0 Å². The molecule has 0 fully saturated rings. The van der Waals surface area contributed by atoms with E-state index in [0.29, 0.717) is 23.2 Å². The van der Waals surface area contributed by atoms with E-state index in [1.165, 1.54) is 89.5 Å². The van der Waals surface area contributed by atoms with Gasteiger partial charge < -0.3 is 10.6 Å². The third kappa shape index (κ3) is 12.8. The largest absolute Gasteiger partial charge is 0.333 e. The molecular weight excluding hydrogens is 558 g/mol. The lowest BCUT2D eigenvalue weighted by atomic mass is 10.0. The second-order valence-electron chi connectivity index (χ2n) is 11.4. The summed E-state index contributed by atoms with van der Waals surface area (Å²) in [6.45, 7) is 2.26. The summed E-state index contributed by atoms with van der Waals surface area (Å²) in [4.78, 5) is 24.8. The summed E-state index contributed by atoms with van der Waals surface area (Å²) in [6.07, 6.45) is 19.8. The molecule has 0 aliphatic heterocycles. The van der Waals surface area contributed by atoms with E-state index in [0.717, 1.165) is 18.2 Å². The first-order valence-electron chi connectivity index (χ1n) is 16.1. The summed E-state index contributed by atoms with van der Waals surface area (Å²) in [6, 6.07) is 17.8. The van der Waals surface area contributed by atoms with Gasteiger partial charge in [0.1, 0.15) is 0 Å². The summed E-state index contributed by atoms with van der Waals surface area (Å²) in [5.41, 5.74) is 1.03. The number of sulfonamides is 1. The lowest BCUT2D eigenvalue weighted by Gasteiger charge is -2.11. The average molecular weight is 608 g/mol. The summed E-state index contributed by atoms with van der Waals surface area (Å²) in [5, 5.41) is 6.73. The van der Waals surface area contributed by atoms with Crippen molar-refractivity contribution in [2.24, 2.45) is 0 Å². The predicted molar refractivity (Wildman–Crippen MR) is 178 cm³/mol. The fourth-order valence-corrected chi connectivity index (χ4v) is 6.42. The Kier molecular flexibility index (Phi) is 15.1. The highest BCUT2D eigenvalue weighted by molar-refractivity contribution is 7.90. The van der Waals surface area contributed by atoms with Gasteiger partial charge in [-0.3, -0.25) is 4.79 Å². The van der Waals surface area contributed by atoms with E-state index in [2.05, 4.69) is 22.3 Å². The zero-order valence-electron chi connectivity index (χ0n) is 25.7. The van der Waals surface area contributed by atoms with Gasteiger partial charge >= 0.3 is 6.03 Å². The van der Waals surface area contributed by atoms with Gasteiger partial charge in [-0.05, 0) is 42.1 Å². The summed E-state index contributed by atoms with van der Waals surface area (Å²) >= 11 is 0. The van der Waals surface area contributed by atoms with E-state index in [1.54, 1.807) is 42.5 Å². The first kappa shape index (κ1) is 34.1. The lowest BCUT2D eigenvalue weighted by molar-refractivity contribution is -0.116. The van der Waals surface area contributed by atoms with Crippen LogP contribution in [0, 0.1) is 0 Å². The lowest BCUT2D eigenvalue weighted by Crippen LogP contribution is -2.34. The number of nitrogens with one attached hydrogen (secondary N) is 3. The van der Waals surface area contributed by atoms with E-state index in [1.807, 2.05) is 18.2 Å². The molecule has 3 aromatic carbocycles. The van der Waals surface area contributed by atoms with Crippen LogP contribution >= 0.6 is 0 Å². The minimum Gasteiger partial charge on any atom is -0.326 e. The number of hydrogen-bond donors (Lipinski definition) is 3. The molecule has 0 unspecified atom stereocenters. The number of benzene rings is 3. The minimum absolute atomic E-state index is 0.0330. The molecule has 0 saturated carbocycles. The predicted octanol–water partition coefficient (Wildman–Crippen LogP) is 9.55. The van der Waals surface area contributed by atoms with Crippen LogP contribution in [-0.2, 0) is 14.8 Å². The van der Waals surface area contributed by atoms with Crippen LogP contribution < -0.4 is 15.4 Å². The second-order valence-corrected chi connectivity index (χ2v) is 13.0. The molecule has 3 rings (SSSR count). The topological polar surface area (TPSA) is 104 Å². The first-order chi connectivity index (χ1) is 20.9. The molecule has 0 bridgehead atoms. The molecule has 0 aromatic heterocycles. The Hall–Kier alpha value is -3.39. The summed E-state index contributed by atoms with van der Waals surface area (Å²) in [7, 11) is -4.08. The third-order valence-electron chi connectivity index (χ3n) is 7.70. The number of amides is 3. The van der Waals surface area contributed by atoms with Gasteiger partial charge in [-0.15, -0.1) is 0 Å². The number of rotatable bonds is 20. The number of carbonyl (C=O) groups excluding carboxylic acids is 2. The van der Waals surface area contributed by atoms with Crippen LogP contribution in [0.2, 0.25) is 0 Å². The molecule has 0 spiro atoms. The van der Waals surface area contributed by atoms with Gasteiger partial charge in [0.25, 0.3) is 10.0 Å². The molecule has 3 amide bonds. The van der Waals surface area contributed by atoms with Crippen molar-refractivity contribution in [3.05, 3.63) is 66.7 Å². The fraction of sp³-hybridized carbons (Fsp3) is 0.486. The normalized spacial score (nSPS) is 11.4. The monoisotopic (exact) mass is 607 g/mol. The van der Waals surface area contributed by atoms with Crippen molar-refractivity contribution in [2.75, 3.05) is 10.6 Å². The molecule has 7 nitrogen and oxygen atoms in total. The maximum Gasteiger partial charge on any atom is 0.333 e. The smallest absolute Gasteiger partial charge is 0.326 e. The summed E-state index contributed by atoms with van der Waals surface area (Å²) < 4.78 is 27.8. The Morgan fingerprint density at radius 2 is 1.07 bits per heavy atom. The van der Waals surface area contributed by atoms with Crippen molar-refractivity contribution in [1.82, 2.24) is 4.72 Å². The Balaban J connectivity index is 1.26. The molecule has 0 saturated heterocycles. The van der Waals surface area contributed by atoms with Crippen molar-refractivity contribution < 1.29 is 18.0 Å². The van der Waals surface area contributed by atoms with Gasteiger partial charge in [0, 0.05) is 23.2 Å². The Labute approximate surface area is 258 Å². The van der Waals surface area contributed by atoms with Crippen molar-refractivity contribution in [3.8, 4) is 0 Å². The zero-order valence-corrected chi connectivity index (χ0v) is 26.5. The third-order valence-corrected chi connectivity index (χ3v) is 9.09. The van der Waals surface area contributed by atoms with Crippen LogP contribution in [0.15, 0.2) is 71.6 Å². The molecule has 0 atom stereocenters. The molecule has 0 aliphatic rings. The zero-order chi connectivity index (χ0) is 30.8. The van der Waals surface area contributed by atoms with Crippen LogP contribution in [-0.4, -0.2) is 20.4 Å². The van der Waals surface area contributed by atoms with Crippen LogP contribution in [0.4, 0.5) is 16.2 Å². The van der Waals surface area contributed by atoms with E-state index >= 15 is 0 Å². The van der Waals surface area contributed by atoms with Crippen molar-refractivity contribution in [1.29, 1.82) is 0 Å². The van der Waals surface area contributed by atoms with E-state index < -0.39 is 16.1 Å².